The number of nitrogens with one attached hydrogen (secondary N) is 1. The molecule has 0 heterocycles. The lowest BCUT2D eigenvalue weighted by Gasteiger charge is -2.14. The van der Waals surface area contributed by atoms with Crippen LogP contribution in [0.1, 0.15) is 21.5 Å². The van der Waals surface area contributed by atoms with Crippen LogP contribution in [0, 0.1) is 0 Å². The molecule has 0 spiro atoms. The molecule has 0 amide bonds. The highest BCUT2D eigenvalue weighted by atomic mass is 16.5. The molecule has 218 valence electrons. The lowest BCUT2D eigenvalue weighted by atomic mass is 10.1. The molecular formula is C31H35NO9. The third kappa shape index (κ3) is 6.96. The molecule has 0 saturated heterocycles. The molecule has 0 atom stereocenters. The molecule has 0 unspecified atom stereocenters. The first-order valence-electron chi connectivity index (χ1n) is 12.4. The Morgan fingerprint density at radius 3 is 1.34 bits per heavy atom. The second kappa shape index (κ2) is 14.4. The van der Waals surface area contributed by atoms with Gasteiger partial charge in [0.15, 0.2) is 40.3 Å². The molecule has 0 radical (unpaired) electrons. The molecule has 1 N–H and O–H groups in total. The Morgan fingerprint density at radius 1 is 0.537 bits per heavy atom. The Kier molecular flexibility index (Phi) is 10.7. The van der Waals surface area contributed by atoms with Gasteiger partial charge in [0, 0.05) is 17.8 Å². The zero-order chi connectivity index (χ0) is 29.9. The number of ether oxygens (including phenoxy) is 8. The van der Waals surface area contributed by atoms with E-state index in [1.807, 2.05) is 36.4 Å². The van der Waals surface area contributed by atoms with Crippen LogP contribution in [0.4, 0.5) is 5.69 Å². The van der Waals surface area contributed by atoms with Crippen molar-refractivity contribution in [3.63, 3.8) is 0 Å². The average molecular weight is 566 g/mol. The number of rotatable bonds is 14. The normalized spacial score (nSPS) is 10.8. The Morgan fingerprint density at radius 2 is 0.927 bits per heavy atom. The first-order chi connectivity index (χ1) is 19.9. The first kappa shape index (κ1) is 30.6. The van der Waals surface area contributed by atoms with Crippen LogP contribution in [0.5, 0.6) is 46.0 Å². The van der Waals surface area contributed by atoms with Crippen molar-refractivity contribution in [2.75, 3.05) is 62.2 Å². The number of allylic oxidation sites excluding steroid dienone is 1. The Bertz CT molecular complexity index is 1380. The van der Waals surface area contributed by atoms with Gasteiger partial charge >= 0.3 is 0 Å². The Balaban J connectivity index is 1.91. The molecule has 0 saturated carbocycles. The van der Waals surface area contributed by atoms with Gasteiger partial charge in [-0.05, 0) is 47.5 Å². The summed E-state index contributed by atoms with van der Waals surface area (Å²) in [7, 11) is 12.3. The molecule has 0 bridgehead atoms. The van der Waals surface area contributed by atoms with Crippen molar-refractivity contribution in [3.8, 4) is 46.0 Å². The van der Waals surface area contributed by atoms with Crippen molar-refractivity contribution in [1.29, 1.82) is 0 Å². The maximum absolute atomic E-state index is 12.9. The molecule has 41 heavy (non-hydrogen) atoms. The summed E-state index contributed by atoms with van der Waals surface area (Å²) in [6.07, 6.45) is 6.72. The third-order valence-electron chi connectivity index (χ3n) is 6.08. The number of hydrogen-bond acceptors (Lipinski definition) is 10. The van der Waals surface area contributed by atoms with Crippen LogP contribution in [-0.4, -0.2) is 62.7 Å². The standard InChI is InChI=1S/C31H35NO9/c1-34-24-14-19(9-10-20-15-25(35-2)30(40-7)26(16-20)36-3)13-22(29(24)39-6)32-12-11-23(33)21-17-27(37-4)31(41-8)28(18-21)38-5/h9-18,32H,1-8H3/b10-9-,12-11-. The lowest BCUT2D eigenvalue weighted by Crippen LogP contribution is -2.02. The highest BCUT2D eigenvalue weighted by Gasteiger charge is 2.17. The van der Waals surface area contributed by atoms with Crippen molar-refractivity contribution >= 4 is 23.6 Å². The third-order valence-corrected chi connectivity index (χ3v) is 6.08. The van der Waals surface area contributed by atoms with E-state index >= 15 is 0 Å². The lowest BCUT2D eigenvalue weighted by molar-refractivity contribution is 0.104. The number of hydrogen-bond donors (Lipinski definition) is 1. The highest BCUT2D eigenvalue weighted by molar-refractivity contribution is 6.05. The van der Waals surface area contributed by atoms with Crippen molar-refractivity contribution in [2.24, 2.45) is 0 Å². The molecule has 0 aliphatic heterocycles. The molecule has 10 heteroatoms. The molecule has 0 aliphatic carbocycles. The van der Waals surface area contributed by atoms with E-state index in [4.69, 9.17) is 37.9 Å². The van der Waals surface area contributed by atoms with Gasteiger partial charge in [-0.2, -0.15) is 0 Å². The fourth-order valence-corrected chi connectivity index (χ4v) is 4.11. The molecule has 0 aliphatic rings. The van der Waals surface area contributed by atoms with Gasteiger partial charge < -0.3 is 43.2 Å². The van der Waals surface area contributed by atoms with E-state index in [0.717, 1.165) is 11.1 Å². The van der Waals surface area contributed by atoms with Gasteiger partial charge in [-0.25, -0.2) is 0 Å². The largest absolute Gasteiger partial charge is 0.493 e. The monoisotopic (exact) mass is 565 g/mol. The van der Waals surface area contributed by atoms with Gasteiger partial charge in [0.25, 0.3) is 0 Å². The van der Waals surface area contributed by atoms with Crippen LogP contribution in [0.15, 0.2) is 48.7 Å². The summed E-state index contributed by atoms with van der Waals surface area (Å²) in [4.78, 5) is 12.9. The summed E-state index contributed by atoms with van der Waals surface area (Å²) in [5.74, 6) is 3.48. The number of ketones is 1. The predicted octanol–water partition coefficient (Wildman–Crippen LogP) is 5.73. The van der Waals surface area contributed by atoms with Crippen molar-refractivity contribution in [1.82, 2.24) is 0 Å². The molecule has 0 aromatic heterocycles. The zero-order valence-corrected chi connectivity index (χ0v) is 24.4. The maximum atomic E-state index is 12.9. The first-order valence-corrected chi connectivity index (χ1v) is 12.4. The summed E-state index contributed by atoms with van der Waals surface area (Å²) < 4.78 is 43.5. The summed E-state index contributed by atoms with van der Waals surface area (Å²) in [5.41, 5.74) is 2.59. The van der Waals surface area contributed by atoms with Gasteiger partial charge in [-0.15, -0.1) is 0 Å². The quantitative estimate of drug-likeness (QED) is 0.148. The van der Waals surface area contributed by atoms with Gasteiger partial charge in [-0.1, -0.05) is 12.2 Å². The summed E-state index contributed by atoms with van der Waals surface area (Å²) in [6.45, 7) is 0. The van der Waals surface area contributed by atoms with E-state index < -0.39 is 0 Å². The topological polar surface area (TPSA) is 103 Å². The average Bonchev–Trinajstić information content (AvgIpc) is 3.01. The molecule has 0 fully saturated rings. The predicted molar refractivity (Wildman–Crippen MR) is 158 cm³/mol. The van der Waals surface area contributed by atoms with E-state index in [1.165, 1.54) is 33.6 Å². The molecular weight excluding hydrogens is 530 g/mol. The second-order valence-electron chi connectivity index (χ2n) is 8.35. The van der Waals surface area contributed by atoms with E-state index in [9.17, 15) is 4.79 Å². The fourth-order valence-electron chi connectivity index (χ4n) is 4.11. The minimum atomic E-state index is -0.277. The number of benzene rings is 3. The summed E-state index contributed by atoms with van der Waals surface area (Å²) in [6, 6.07) is 10.6. The van der Waals surface area contributed by atoms with E-state index in [0.29, 0.717) is 57.2 Å². The van der Waals surface area contributed by atoms with Crippen molar-refractivity contribution in [3.05, 3.63) is 65.4 Å². The van der Waals surface area contributed by atoms with Crippen LogP contribution in [0.3, 0.4) is 0 Å². The fraction of sp³-hybridized carbons (Fsp3) is 0.258. The Labute approximate surface area is 240 Å². The zero-order valence-electron chi connectivity index (χ0n) is 24.4. The highest BCUT2D eigenvalue weighted by Crippen LogP contribution is 2.40. The van der Waals surface area contributed by atoms with Crippen LogP contribution in [0.2, 0.25) is 0 Å². The maximum Gasteiger partial charge on any atom is 0.203 e. The van der Waals surface area contributed by atoms with E-state index in [-0.39, 0.29) is 5.78 Å². The summed E-state index contributed by atoms with van der Waals surface area (Å²) >= 11 is 0. The number of carbonyl (C=O) groups is 1. The van der Waals surface area contributed by atoms with Gasteiger partial charge in [0.05, 0.1) is 62.6 Å². The smallest absolute Gasteiger partial charge is 0.203 e. The molecule has 3 aromatic rings. The van der Waals surface area contributed by atoms with Crippen LogP contribution in [-0.2, 0) is 0 Å². The number of anilines is 1. The second-order valence-corrected chi connectivity index (χ2v) is 8.35. The molecule has 3 aromatic carbocycles. The SMILES string of the molecule is COc1cc(/C=C\c2cc(OC)c(OC)c(OC)c2)cc(N/C=C\C(=O)c2cc(OC)c(OC)c(OC)c2)c1OC. The number of carbonyl (C=O) groups excluding carboxylic acids is 1. The van der Waals surface area contributed by atoms with Crippen LogP contribution >= 0.6 is 0 Å². The summed E-state index contributed by atoms with van der Waals surface area (Å²) in [5, 5.41) is 3.13. The van der Waals surface area contributed by atoms with E-state index in [2.05, 4.69) is 5.32 Å². The number of methoxy groups -OCH3 is 8. The van der Waals surface area contributed by atoms with Gasteiger partial charge in [0.2, 0.25) is 11.5 Å². The Hall–Kier alpha value is -4.99. The molecule has 3 rings (SSSR count). The van der Waals surface area contributed by atoms with Gasteiger partial charge in [-0.3, -0.25) is 4.79 Å². The van der Waals surface area contributed by atoms with Crippen LogP contribution < -0.4 is 43.2 Å². The van der Waals surface area contributed by atoms with Crippen molar-refractivity contribution in [2.45, 2.75) is 0 Å². The molecule has 10 nitrogen and oxygen atoms in total. The van der Waals surface area contributed by atoms with Crippen LogP contribution in [0.25, 0.3) is 12.2 Å². The van der Waals surface area contributed by atoms with E-state index in [1.54, 1.807) is 47.7 Å². The minimum Gasteiger partial charge on any atom is -0.493 e. The minimum absolute atomic E-state index is 0.277. The van der Waals surface area contributed by atoms with Gasteiger partial charge in [0.1, 0.15) is 0 Å². The van der Waals surface area contributed by atoms with Crippen molar-refractivity contribution < 1.29 is 42.7 Å².